The predicted molar refractivity (Wildman–Crippen MR) is 73.6 cm³/mol. The lowest BCUT2D eigenvalue weighted by molar-refractivity contribution is 0.203. The SMILES string of the molecule is O=S(=O)(CC1(CBr)CCC1)c1ccc(Cl)cc1. The summed E-state index contributed by atoms with van der Waals surface area (Å²) in [4.78, 5) is 0.370. The molecule has 1 saturated carbocycles. The molecule has 0 spiro atoms. The number of rotatable bonds is 4. The van der Waals surface area contributed by atoms with Crippen LogP contribution < -0.4 is 0 Å². The lowest BCUT2D eigenvalue weighted by Gasteiger charge is -2.40. The van der Waals surface area contributed by atoms with Crippen molar-refractivity contribution in [3.8, 4) is 0 Å². The van der Waals surface area contributed by atoms with Gasteiger partial charge in [0.15, 0.2) is 9.84 Å². The van der Waals surface area contributed by atoms with E-state index in [4.69, 9.17) is 11.6 Å². The molecule has 94 valence electrons. The molecule has 0 bridgehead atoms. The lowest BCUT2D eigenvalue weighted by Crippen LogP contribution is -2.38. The number of benzene rings is 1. The fourth-order valence-corrected chi connectivity index (χ4v) is 5.18. The fourth-order valence-electron chi connectivity index (χ4n) is 2.12. The van der Waals surface area contributed by atoms with E-state index in [1.807, 2.05) is 0 Å². The van der Waals surface area contributed by atoms with Crippen molar-refractivity contribution in [3.05, 3.63) is 29.3 Å². The fraction of sp³-hybridized carbons (Fsp3) is 0.500. The summed E-state index contributed by atoms with van der Waals surface area (Å²) in [6.07, 6.45) is 3.11. The standard InChI is InChI=1S/C12H14BrClO2S/c13-8-12(6-1-7-12)9-17(15,16)11-4-2-10(14)3-5-11/h2-5H,1,6-9H2. The first kappa shape index (κ1) is 13.4. The quantitative estimate of drug-likeness (QED) is 0.785. The highest BCUT2D eigenvalue weighted by molar-refractivity contribution is 9.09. The first-order valence-electron chi connectivity index (χ1n) is 5.52. The molecule has 0 amide bonds. The molecule has 1 aromatic rings. The van der Waals surface area contributed by atoms with Gasteiger partial charge in [-0.15, -0.1) is 0 Å². The van der Waals surface area contributed by atoms with Crippen molar-refractivity contribution in [1.82, 2.24) is 0 Å². The summed E-state index contributed by atoms with van der Waals surface area (Å²) in [6, 6.07) is 6.41. The van der Waals surface area contributed by atoms with Gasteiger partial charge in [0.1, 0.15) is 0 Å². The van der Waals surface area contributed by atoms with E-state index in [1.54, 1.807) is 24.3 Å². The predicted octanol–water partition coefficient (Wildman–Crippen LogP) is 3.68. The largest absolute Gasteiger partial charge is 0.224 e. The maximum absolute atomic E-state index is 12.2. The number of alkyl halides is 1. The molecule has 1 aliphatic rings. The Kier molecular flexibility index (Phi) is 3.86. The average Bonchev–Trinajstić information content (AvgIpc) is 2.24. The van der Waals surface area contributed by atoms with E-state index >= 15 is 0 Å². The molecule has 0 unspecified atom stereocenters. The van der Waals surface area contributed by atoms with Crippen molar-refractivity contribution >= 4 is 37.4 Å². The van der Waals surface area contributed by atoms with Gasteiger partial charge in [0.25, 0.3) is 0 Å². The molecule has 0 heterocycles. The van der Waals surface area contributed by atoms with Crippen LogP contribution in [0.2, 0.25) is 5.02 Å². The van der Waals surface area contributed by atoms with Crippen molar-refractivity contribution in [2.75, 3.05) is 11.1 Å². The molecular weight excluding hydrogens is 324 g/mol. The van der Waals surface area contributed by atoms with Crippen LogP contribution in [0.4, 0.5) is 0 Å². The zero-order valence-electron chi connectivity index (χ0n) is 9.33. The summed E-state index contributed by atoms with van der Waals surface area (Å²) < 4.78 is 24.5. The Morgan fingerprint density at radius 3 is 2.24 bits per heavy atom. The van der Waals surface area contributed by atoms with Gasteiger partial charge in [0.05, 0.1) is 10.6 Å². The Hall–Kier alpha value is -0.0600. The third-order valence-corrected chi connectivity index (χ3v) is 6.79. The highest BCUT2D eigenvalue weighted by Crippen LogP contribution is 2.44. The Bertz CT molecular complexity index is 486. The van der Waals surface area contributed by atoms with Crippen LogP contribution in [-0.4, -0.2) is 19.5 Å². The van der Waals surface area contributed by atoms with E-state index in [9.17, 15) is 8.42 Å². The Labute approximate surface area is 115 Å². The number of halogens is 2. The molecule has 0 saturated heterocycles. The molecule has 17 heavy (non-hydrogen) atoms. The van der Waals surface area contributed by atoms with Gasteiger partial charge in [-0.05, 0) is 42.5 Å². The minimum atomic E-state index is -3.20. The molecule has 0 aliphatic heterocycles. The molecule has 2 rings (SSSR count). The van der Waals surface area contributed by atoms with Gasteiger partial charge in [-0.25, -0.2) is 8.42 Å². The van der Waals surface area contributed by atoms with Gasteiger partial charge in [0, 0.05) is 10.4 Å². The second kappa shape index (κ2) is 4.90. The van der Waals surface area contributed by atoms with Gasteiger partial charge < -0.3 is 0 Å². The molecule has 5 heteroatoms. The molecule has 1 fully saturated rings. The van der Waals surface area contributed by atoms with E-state index in [0.29, 0.717) is 9.92 Å². The summed E-state index contributed by atoms with van der Waals surface area (Å²) in [5.74, 6) is 0.229. The molecule has 1 aliphatic carbocycles. The number of hydrogen-bond acceptors (Lipinski definition) is 2. The highest BCUT2D eigenvalue weighted by atomic mass is 79.9. The van der Waals surface area contributed by atoms with Gasteiger partial charge >= 0.3 is 0 Å². The lowest BCUT2D eigenvalue weighted by atomic mass is 9.72. The first-order valence-corrected chi connectivity index (χ1v) is 8.67. The summed E-state index contributed by atoms with van der Waals surface area (Å²) in [5.41, 5.74) is -0.0571. The van der Waals surface area contributed by atoms with Crippen molar-refractivity contribution in [1.29, 1.82) is 0 Å². The van der Waals surface area contributed by atoms with Crippen molar-refractivity contribution in [2.45, 2.75) is 24.2 Å². The normalized spacial score (nSPS) is 18.7. The zero-order chi connectivity index (χ0) is 12.5. The van der Waals surface area contributed by atoms with E-state index in [1.165, 1.54) is 0 Å². The van der Waals surface area contributed by atoms with Crippen LogP contribution in [0.3, 0.4) is 0 Å². The van der Waals surface area contributed by atoms with E-state index in [-0.39, 0.29) is 11.2 Å². The van der Waals surface area contributed by atoms with E-state index in [2.05, 4.69) is 15.9 Å². The topological polar surface area (TPSA) is 34.1 Å². The van der Waals surface area contributed by atoms with E-state index in [0.717, 1.165) is 24.6 Å². The Morgan fingerprint density at radius 1 is 1.24 bits per heavy atom. The number of sulfone groups is 1. The second-order valence-corrected chi connectivity index (χ2v) is 7.69. The first-order chi connectivity index (χ1) is 7.97. The molecule has 0 atom stereocenters. The number of hydrogen-bond donors (Lipinski definition) is 0. The summed E-state index contributed by atoms with van der Waals surface area (Å²) in [7, 11) is -3.20. The van der Waals surface area contributed by atoms with Gasteiger partial charge in [-0.2, -0.15) is 0 Å². The molecule has 1 aromatic carbocycles. The third-order valence-electron chi connectivity index (χ3n) is 3.37. The molecular formula is C12H14BrClO2S. The maximum Gasteiger partial charge on any atom is 0.178 e. The summed E-state index contributed by atoms with van der Waals surface area (Å²) in [6.45, 7) is 0. The van der Waals surface area contributed by atoms with E-state index < -0.39 is 9.84 Å². The van der Waals surface area contributed by atoms with Crippen molar-refractivity contribution < 1.29 is 8.42 Å². The van der Waals surface area contributed by atoms with Crippen LogP contribution in [0.5, 0.6) is 0 Å². The highest BCUT2D eigenvalue weighted by Gasteiger charge is 2.40. The van der Waals surface area contributed by atoms with Crippen molar-refractivity contribution in [3.63, 3.8) is 0 Å². The Balaban J connectivity index is 2.22. The van der Waals surface area contributed by atoms with Crippen LogP contribution in [0.1, 0.15) is 19.3 Å². The van der Waals surface area contributed by atoms with Crippen LogP contribution in [0, 0.1) is 5.41 Å². The van der Waals surface area contributed by atoms with Gasteiger partial charge in [-0.1, -0.05) is 34.0 Å². The van der Waals surface area contributed by atoms with Crippen LogP contribution in [-0.2, 0) is 9.84 Å². The zero-order valence-corrected chi connectivity index (χ0v) is 12.5. The minimum absolute atomic E-state index is 0.0571. The molecule has 0 N–H and O–H groups in total. The van der Waals surface area contributed by atoms with Crippen LogP contribution in [0.15, 0.2) is 29.2 Å². The molecule has 0 aromatic heterocycles. The monoisotopic (exact) mass is 336 g/mol. The van der Waals surface area contributed by atoms with Gasteiger partial charge in [0.2, 0.25) is 0 Å². The summed E-state index contributed by atoms with van der Waals surface area (Å²) in [5, 5.41) is 1.31. The minimum Gasteiger partial charge on any atom is -0.224 e. The average molecular weight is 338 g/mol. The second-order valence-electron chi connectivity index (χ2n) is 4.70. The maximum atomic E-state index is 12.2. The molecule has 0 radical (unpaired) electrons. The smallest absolute Gasteiger partial charge is 0.178 e. The Morgan fingerprint density at radius 2 is 1.82 bits per heavy atom. The van der Waals surface area contributed by atoms with Crippen LogP contribution in [0.25, 0.3) is 0 Å². The molecule has 2 nitrogen and oxygen atoms in total. The van der Waals surface area contributed by atoms with Gasteiger partial charge in [-0.3, -0.25) is 0 Å². The van der Waals surface area contributed by atoms with Crippen LogP contribution >= 0.6 is 27.5 Å². The third kappa shape index (κ3) is 2.85. The summed E-state index contributed by atoms with van der Waals surface area (Å²) >= 11 is 9.19. The van der Waals surface area contributed by atoms with Crippen molar-refractivity contribution in [2.24, 2.45) is 5.41 Å².